The molecule has 0 aliphatic heterocycles. The van der Waals surface area contributed by atoms with E-state index in [0.717, 1.165) is 11.3 Å². The van der Waals surface area contributed by atoms with Crippen molar-refractivity contribution in [3.05, 3.63) is 22.4 Å². The molecule has 0 spiro atoms. The van der Waals surface area contributed by atoms with Crippen LogP contribution in [0.15, 0.2) is 17.5 Å². The Hall–Kier alpha value is -1.37. The predicted molar refractivity (Wildman–Crippen MR) is 40.8 cm³/mol. The first kappa shape index (κ1) is 10.7. The van der Waals surface area contributed by atoms with Crippen LogP contribution in [-0.4, -0.2) is 18.1 Å². The van der Waals surface area contributed by atoms with Gasteiger partial charge in [-0.15, -0.1) is 11.3 Å². The number of rotatable bonds is 1. The molecule has 0 N–H and O–H groups in total. The molecule has 76 valence electrons. The van der Waals surface area contributed by atoms with E-state index in [0.29, 0.717) is 0 Å². The summed E-state index contributed by atoms with van der Waals surface area (Å²) in [5.74, 6) is -3.79. The van der Waals surface area contributed by atoms with E-state index in [1.165, 1.54) is 17.5 Å². The van der Waals surface area contributed by atoms with Crippen molar-refractivity contribution in [3.8, 4) is 0 Å². The average Bonchev–Trinajstić information content (AvgIpc) is 2.53. The fourth-order valence-electron chi connectivity index (χ4n) is 0.587. The SMILES string of the molecule is O=C(OC(=O)C(F)(F)F)c1cccs1. The molecule has 1 heterocycles. The van der Waals surface area contributed by atoms with Gasteiger partial charge in [0.25, 0.3) is 0 Å². The minimum atomic E-state index is -5.15. The molecule has 0 saturated carbocycles. The van der Waals surface area contributed by atoms with Gasteiger partial charge in [0, 0.05) is 0 Å². The third kappa shape index (κ3) is 2.56. The van der Waals surface area contributed by atoms with Crippen LogP contribution >= 0.6 is 11.3 Å². The molecular weight excluding hydrogens is 221 g/mol. The van der Waals surface area contributed by atoms with Gasteiger partial charge in [0.05, 0.1) is 0 Å². The number of hydrogen-bond donors (Lipinski definition) is 0. The largest absolute Gasteiger partial charge is 0.491 e. The number of ether oxygens (including phenoxy) is 1. The molecule has 0 bridgehead atoms. The topological polar surface area (TPSA) is 43.4 Å². The normalized spacial score (nSPS) is 11.1. The van der Waals surface area contributed by atoms with E-state index >= 15 is 0 Å². The Kier molecular flexibility index (Phi) is 2.90. The molecule has 0 aromatic carbocycles. The zero-order valence-corrected chi connectivity index (χ0v) is 7.32. The summed E-state index contributed by atoms with van der Waals surface area (Å²) < 4.78 is 38.5. The summed E-state index contributed by atoms with van der Waals surface area (Å²) in [5.41, 5.74) is 0. The Balaban J connectivity index is 2.63. The number of hydrogen-bond acceptors (Lipinski definition) is 4. The van der Waals surface area contributed by atoms with Gasteiger partial charge in [0.15, 0.2) is 0 Å². The highest BCUT2D eigenvalue weighted by molar-refractivity contribution is 7.12. The van der Waals surface area contributed by atoms with Crippen LogP contribution in [0, 0.1) is 0 Å². The smallest absolute Gasteiger partial charge is 0.382 e. The number of carbonyl (C=O) groups excluding carboxylic acids is 2. The lowest BCUT2D eigenvalue weighted by atomic mass is 10.5. The molecular formula is C7H3F3O3S. The summed E-state index contributed by atoms with van der Waals surface area (Å²) in [6.45, 7) is 0. The van der Waals surface area contributed by atoms with Crippen LogP contribution in [0.4, 0.5) is 13.2 Å². The quantitative estimate of drug-likeness (QED) is 0.541. The molecule has 0 aliphatic rings. The molecule has 3 nitrogen and oxygen atoms in total. The van der Waals surface area contributed by atoms with Gasteiger partial charge in [0.2, 0.25) is 0 Å². The van der Waals surface area contributed by atoms with Crippen molar-refractivity contribution in [3.63, 3.8) is 0 Å². The van der Waals surface area contributed by atoms with E-state index in [9.17, 15) is 22.8 Å². The summed E-state index contributed by atoms with van der Waals surface area (Å²) in [5, 5.41) is 1.48. The second kappa shape index (κ2) is 3.79. The van der Waals surface area contributed by atoms with Crippen molar-refractivity contribution >= 4 is 23.3 Å². The molecule has 0 aliphatic carbocycles. The molecule has 1 aromatic rings. The van der Waals surface area contributed by atoms with Crippen LogP contribution in [-0.2, 0) is 9.53 Å². The predicted octanol–water partition coefficient (Wildman–Crippen LogP) is 1.99. The Morgan fingerprint density at radius 3 is 2.43 bits per heavy atom. The van der Waals surface area contributed by atoms with Crippen molar-refractivity contribution in [2.75, 3.05) is 0 Å². The van der Waals surface area contributed by atoms with E-state index in [4.69, 9.17) is 0 Å². The first-order valence-electron chi connectivity index (χ1n) is 3.28. The van der Waals surface area contributed by atoms with E-state index in [1.54, 1.807) is 0 Å². The molecule has 1 aromatic heterocycles. The van der Waals surface area contributed by atoms with Crippen LogP contribution in [0.2, 0.25) is 0 Å². The lowest BCUT2D eigenvalue weighted by Gasteiger charge is -2.03. The number of halogens is 3. The zero-order chi connectivity index (χ0) is 10.8. The Labute approximate surface area is 80.1 Å². The van der Waals surface area contributed by atoms with Gasteiger partial charge in [-0.1, -0.05) is 6.07 Å². The fraction of sp³-hybridized carbons (Fsp3) is 0.143. The molecule has 0 saturated heterocycles. The van der Waals surface area contributed by atoms with Gasteiger partial charge in [0.1, 0.15) is 4.88 Å². The van der Waals surface area contributed by atoms with Gasteiger partial charge in [-0.25, -0.2) is 9.59 Å². The highest BCUT2D eigenvalue weighted by Crippen LogP contribution is 2.18. The molecule has 0 unspecified atom stereocenters. The minimum Gasteiger partial charge on any atom is -0.382 e. The van der Waals surface area contributed by atoms with E-state index in [-0.39, 0.29) is 4.88 Å². The summed E-state index contributed by atoms with van der Waals surface area (Å²) in [4.78, 5) is 21.0. The van der Waals surface area contributed by atoms with E-state index in [2.05, 4.69) is 4.74 Å². The lowest BCUT2D eigenvalue weighted by Crippen LogP contribution is -2.27. The third-order valence-electron chi connectivity index (χ3n) is 1.14. The molecule has 0 radical (unpaired) electrons. The average molecular weight is 224 g/mol. The number of alkyl halides is 3. The second-order valence-corrected chi connectivity index (χ2v) is 3.10. The van der Waals surface area contributed by atoms with Crippen molar-refractivity contribution in [1.82, 2.24) is 0 Å². The van der Waals surface area contributed by atoms with Gasteiger partial charge >= 0.3 is 18.1 Å². The maximum absolute atomic E-state index is 11.6. The van der Waals surface area contributed by atoms with Crippen LogP contribution in [0.1, 0.15) is 9.67 Å². The van der Waals surface area contributed by atoms with Crippen molar-refractivity contribution < 1.29 is 27.5 Å². The van der Waals surface area contributed by atoms with Gasteiger partial charge in [-0.3, -0.25) is 0 Å². The minimum absolute atomic E-state index is 0.0531. The van der Waals surface area contributed by atoms with E-state index < -0.39 is 18.1 Å². The monoisotopic (exact) mass is 224 g/mol. The molecule has 1 rings (SSSR count). The number of carbonyl (C=O) groups is 2. The van der Waals surface area contributed by atoms with Gasteiger partial charge < -0.3 is 4.74 Å². The highest BCUT2D eigenvalue weighted by atomic mass is 32.1. The van der Waals surface area contributed by atoms with Crippen LogP contribution in [0.25, 0.3) is 0 Å². The van der Waals surface area contributed by atoms with Crippen LogP contribution < -0.4 is 0 Å². The maximum atomic E-state index is 11.6. The maximum Gasteiger partial charge on any atom is 0.491 e. The van der Waals surface area contributed by atoms with Crippen LogP contribution in [0.5, 0.6) is 0 Å². The molecule has 0 fully saturated rings. The lowest BCUT2D eigenvalue weighted by molar-refractivity contribution is -0.193. The molecule has 0 amide bonds. The Morgan fingerprint density at radius 2 is 2.00 bits per heavy atom. The molecule has 14 heavy (non-hydrogen) atoms. The highest BCUT2D eigenvalue weighted by Gasteiger charge is 2.42. The van der Waals surface area contributed by atoms with Crippen molar-refractivity contribution in [1.29, 1.82) is 0 Å². The number of esters is 2. The summed E-state index contributed by atoms with van der Waals surface area (Å²) in [6, 6.07) is 2.72. The van der Waals surface area contributed by atoms with E-state index in [1.807, 2.05) is 0 Å². The summed E-state index contributed by atoms with van der Waals surface area (Å²) in [6.07, 6.45) is -5.15. The summed E-state index contributed by atoms with van der Waals surface area (Å²) in [7, 11) is 0. The molecule has 7 heteroatoms. The van der Waals surface area contributed by atoms with Crippen LogP contribution in [0.3, 0.4) is 0 Å². The zero-order valence-electron chi connectivity index (χ0n) is 6.50. The Morgan fingerprint density at radius 1 is 1.36 bits per heavy atom. The Bertz CT molecular complexity index is 342. The first-order chi connectivity index (χ1) is 6.41. The first-order valence-corrected chi connectivity index (χ1v) is 4.16. The third-order valence-corrected chi connectivity index (χ3v) is 1.99. The number of thiophene rings is 1. The van der Waals surface area contributed by atoms with Crippen molar-refractivity contribution in [2.45, 2.75) is 6.18 Å². The molecule has 0 atom stereocenters. The fourth-order valence-corrected chi connectivity index (χ4v) is 1.19. The summed E-state index contributed by atoms with van der Waals surface area (Å²) >= 11 is 0.890. The standard InChI is InChI=1S/C7H3F3O3S/c8-7(9,10)6(12)13-5(11)4-2-1-3-14-4/h1-3H. The van der Waals surface area contributed by atoms with Gasteiger partial charge in [-0.2, -0.15) is 13.2 Å². The van der Waals surface area contributed by atoms with Crippen molar-refractivity contribution in [2.24, 2.45) is 0 Å². The van der Waals surface area contributed by atoms with Gasteiger partial charge in [-0.05, 0) is 11.4 Å². The second-order valence-electron chi connectivity index (χ2n) is 2.15.